The van der Waals surface area contributed by atoms with E-state index in [4.69, 9.17) is 0 Å². The zero-order valence-corrected chi connectivity index (χ0v) is 15.1. The number of aromatic nitrogens is 2. The van der Waals surface area contributed by atoms with Gasteiger partial charge in [0.05, 0.1) is 12.1 Å². The fraction of sp³-hybridized carbons (Fsp3) is 0.450. The first-order chi connectivity index (χ1) is 12.6. The first-order valence-electron chi connectivity index (χ1n) is 9.40. The Morgan fingerprint density at radius 3 is 2.65 bits per heavy atom. The Kier molecular flexibility index (Phi) is 3.42. The normalized spacial score (nSPS) is 23.1. The van der Waals surface area contributed by atoms with Gasteiger partial charge < -0.3 is 15.5 Å². The third-order valence-corrected chi connectivity index (χ3v) is 5.70. The van der Waals surface area contributed by atoms with Gasteiger partial charge in [0.15, 0.2) is 0 Å². The van der Waals surface area contributed by atoms with Crippen molar-refractivity contribution in [3.63, 3.8) is 0 Å². The van der Waals surface area contributed by atoms with Gasteiger partial charge in [-0.15, -0.1) is 0 Å². The van der Waals surface area contributed by atoms with Crippen LogP contribution < -0.4 is 10.6 Å². The third kappa shape index (κ3) is 2.52. The summed E-state index contributed by atoms with van der Waals surface area (Å²) >= 11 is 0. The van der Waals surface area contributed by atoms with Gasteiger partial charge in [0.1, 0.15) is 5.82 Å². The SMILES string of the molecule is CC(=O)N1[C@@H]2CC[C@H]1c1ccc(Nc3ncc(C)c(NC4CC4)n3)cc12. The van der Waals surface area contributed by atoms with E-state index in [2.05, 4.69) is 38.8 Å². The molecule has 1 saturated heterocycles. The molecule has 1 saturated carbocycles. The van der Waals surface area contributed by atoms with Gasteiger partial charge in [-0.3, -0.25) is 4.79 Å². The summed E-state index contributed by atoms with van der Waals surface area (Å²) in [4.78, 5) is 23.1. The number of carbonyl (C=O) groups excluding carboxylic acids is 1. The van der Waals surface area contributed by atoms with Crippen molar-refractivity contribution in [3.05, 3.63) is 41.1 Å². The van der Waals surface area contributed by atoms with Gasteiger partial charge in [-0.1, -0.05) is 6.07 Å². The number of rotatable bonds is 4. The average molecular weight is 349 g/mol. The van der Waals surface area contributed by atoms with E-state index in [1.54, 1.807) is 6.92 Å². The highest BCUT2D eigenvalue weighted by Crippen LogP contribution is 2.53. The number of nitrogens with zero attached hydrogens (tertiary/aromatic N) is 3. The van der Waals surface area contributed by atoms with Crippen LogP contribution >= 0.6 is 0 Å². The van der Waals surface area contributed by atoms with E-state index in [9.17, 15) is 4.79 Å². The van der Waals surface area contributed by atoms with Gasteiger partial charge in [0.2, 0.25) is 11.9 Å². The number of hydrogen-bond donors (Lipinski definition) is 2. The maximum absolute atomic E-state index is 12.0. The fourth-order valence-corrected chi connectivity index (χ4v) is 4.30. The first kappa shape index (κ1) is 15.6. The van der Waals surface area contributed by atoms with Crippen molar-refractivity contribution >= 4 is 23.4 Å². The summed E-state index contributed by atoms with van der Waals surface area (Å²) in [6.07, 6.45) is 6.41. The third-order valence-electron chi connectivity index (χ3n) is 5.70. The van der Waals surface area contributed by atoms with Crippen molar-refractivity contribution in [1.29, 1.82) is 0 Å². The highest BCUT2D eigenvalue weighted by molar-refractivity contribution is 5.77. The van der Waals surface area contributed by atoms with Crippen LogP contribution in [0.3, 0.4) is 0 Å². The van der Waals surface area contributed by atoms with Gasteiger partial charge in [-0.25, -0.2) is 4.98 Å². The lowest BCUT2D eigenvalue weighted by molar-refractivity contribution is -0.131. The highest BCUT2D eigenvalue weighted by atomic mass is 16.2. The van der Waals surface area contributed by atoms with Crippen LogP contribution in [0.15, 0.2) is 24.4 Å². The van der Waals surface area contributed by atoms with Crippen molar-refractivity contribution in [2.45, 2.75) is 57.7 Å². The number of anilines is 3. The van der Waals surface area contributed by atoms with Crippen LogP contribution in [-0.2, 0) is 4.79 Å². The second kappa shape index (κ2) is 5.69. The van der Waals surface area contributed by atoms with E-state index in [1.165, 1.54) is 24.0 Å². The summed E-state index contributed by atoms with van der Waals surface area (Å²) in [5, 5.41) is 6.79. The molecule has 3 aliphatic rings. The smallest absolute Gasteiger partial charge is 0.229 e. The lowest BCUT2D eigenvalue weighted by atomic mass is 9.91. The number of carbonyl (C=O) groups is 1. The second-order valence-electron chi connectivity index (χ2n) is 7.65. The van der Waals surface area contributed by atoms with Crippen LogP contribution in [0, 0.1) is 6.92 Å². The molecule has 26 heavy (non-hydrogen) atoms. The van der Waals surface area contributed by atoms with Crippen LogP contribution in [0.1, 0.15) is 61.4 Å². The maximum Gasteiger partial charge on any atom is 0.229 e. The molecule has 134 valence electrons. The number of amides is 1. The Bertz CT molecular complexity index is 892. The van der Waals surface area contributed by atoms with Crippen LogP contribution in [0.5, 0.6) is 0 Å². The van der Waals surface area contributed by atoms with Crippen LogP contribution in [-0.4, -0.2) is 26.8 Å². The number of nitrogens with one attached hydrogen (secondary N) is 2. The number of benzene rings is 1. The number of aryl methyl sites for hydroxylation is 1. The Hall–Kier alpha value is -2.63. The van der Waals surface area contributed by atoms with Gasteiger partial charge in [0, 0.05) is 30.4 Å². The minimum atomic E-state index is 0.167. The number of fused-ring (bicyclic) bond motifs is 5. The molecule has 1 amide bonds. The van der Waals surface area contributed by atoms with E-state index in [1.807, 2.05) is 18.0 Å². The van der Waals surface area contributed by atoms with Crippen LogP contribution in [0.25, 0.3) is 0 Å². The summed E-state index contributed by atoms with van der Waals surface area (Å²) < 4.78 is 0. The lowest BCUT2D eigenvalue weighted by Crippen LogP contribution is -2.24. The van der Waals surface area contributed by atoms with Crippen molar-refractivity contribution in [1.82, 2.24) is 14.9 Å². The van der Waals surface area contributed by atoms with Crippen molar-refractivity contribution in [2.75, 3.05) is 10.6 Å². The van der Waals surface area contributed by atoms with Gasteiger partial charge in [-0.2, -0.15) is 4.98 Å². The molecule has 0 unspecified atom stereocenters. The van der Waals surface area contributed by atoms with Gasteiger partial charge in [0.25, 0.3) is 0 Å². The molecule has 2 bridgehead atoms. The molecule has 0 radical (unpaired) electrons. The monoisotopic (exact) mass is 349 g/mol. The van der Waals surface area contributed by atoms with Crippen molar-refractivity contribution in [2.24, 2.45) is 0 Å². The molecule has 2 aromatic rings. The molecule has 2 atom stereocenters. The molecule has 0 spiro atoms. The Labute approximate surface area is 153 Å². The van der Waals surface area contributed by atoms with Crippen molar-refractivity contribution in [3.8, 4) is 0 Å². The standard InChI is InChI=1S/C20H23N5O/c1-11-10-21-20(24-19(11)22-13-3-4-13)23-14-5-6-15-16(9-14)18-8-7-17(15)25(18)12(2)26/h5-6,9-10,13,17-18H,3-4,7-8H2,1-2H3,(H2,21,22,23,24)/t17-,18+/m0/s1. The summed E-state index contributed by atoms with van der Waals surface area (Å²) in [6, 6.07) is 7.41. The zero-order chi connectivity index (χ0) is 17.8. The van der Waals surface area contributed by atoms with Gasteiger partial charge >= 0.3 is 0 Å². The molecule has 1 aromatic carbocycles. The molecule has 6 nitrogen and oxygen atoms in total. The Morgan fingerprint density at radius 1 is 1.15 bits per heavy atom. The Morgan fingerprint density at radius 2 is 1.92 bits per heavy atom. The summed E-state index contributed by atoms with van der Waals surface area (Å²) in [5.41, 5.74) is 4.60. The molecular weight excluding hydrogens is 326 g/mol. The molecule has 5 rings (SSSR count). The summed E-state index contributed by atoms with van der Waals surface area (Å²) in [6.45, 7) is 3.70. The van der Waals surface area contributed by atoms with Crippen molar-refractivity contribution < 1.29 is 4.79 Å². The fourth-order valence-electron chi connectivity index (χ4n) is 4.30. The molecule has 2 aliphatic heterocycles. The molecule has 3 heterocycles. The molecule has 2 fully saturated rings. The topological polar surface area (TPSA) is 70.2 Å². The minimum absolute atomic E-state index is 0.167. The predicted molar refractivity (Wildman–Crippen MR) is 100 cm³/mol. The molecule has 1 aromatic heterocycles. The van der Waals surface area contributed by atoms with Crippen LogP contribution in [0.4, 0.5) is 17.5 Å². The minimum Gasteiger partial charge on any atom is -0.367 e. The quantitative estimate of drug-likeness (QED) is 0.877. The van der Waals surface area contributed by atoms with E-state index in [0.29, 0.717) is 12.0 Å². The Balaban J connectivity index is 1.40. The average Bonchev–Trinajstić information content (AvgIpc) is 3.25. The second-order valence-corrected chi connectivity index (χ2v) is 7.65. The maximum atomic E-state index is 12.0. The van der Waals surface area contributed by atoms with E-state index < -0.39 is 0 Å². The van der Waals surface area contributed by atoms with E-state index >= 15 is 0 Å². The molecule has 1 aliphatic carbocycles. The van der Waals surface area contributed by atoms with E-state index in [-0.39, 0.29) is 18.0 Å². The molecular formula is C20H23N5O. The number of hydrogen-bond acceptors (Lipinski definition) is 5. The zero-order valence-electron chi connectivity index (χ0n) is 15.1. The summed E-state index contributed by atoms with van der Waals surface area (Å²) in [5.74, 6) is 1.68. The van der Waals surface area contributed by atoms with E-state index in [0.717, 1.165) is 29.9 Å². The van der Waals surface area contributed by atoms with Gasteiger partial charge in [-0.05, 0) is 55.9 Å². The summed E-state index contributed by atoms with van der Waals surface area (Å²) in [7, 11) is 0. The lowest BCUT2D eigenvalue weighted by Gasteiger charge is -2.20. The van der Waals surface area contributed by atoms with Crippen LogP contribution in [0.2, 0.25) is 0 Å². The molecule has 2 N–H and O–H groups in total. The first-order valence-corrected chi connectivity index (χ1v) is 9.40. The molecule has 6 heteroatoms. The highest BCUT2D eigenvalue weighted by Gasteiger charge is 2.45. The largest absolute Gasteiger partial charge is 0.367 e. The predicted octanol–water partition coefficient (Wildman–Crippen LogP) is 3.84.